The predicted molar refractivity (Wildman–Crippen MR) is 170 cm³/mol. The molecule has 2 bridgehead atoms. The number of esters is 2. The number of hydrogen-bond donors (Lipinski definition) is 0. The van der Waals surface area contributed by atoms with Crippen LogP contribution in [-0.4, -0.2) is 47.4 Å². The fraction of sp³-hybridized carbons (Fsp3) is 0.421. The zero-order chi connectivity index (χ0) is 33.0. The van der Waals surface area contributed by atoms with Crippen molar-refractivity contribution in [2.45, 2.75) is 84.1 Å². The van der Waals surface area contributed by atoms with Gasteiger partial charge in [-0.2, -0.15) is 0 Å². The maximum atomic E-state index is 14.8. The van der Waals surface area contributed by atoms with Gasteiger partial charge in [-0.3, -0.25) is 14.4 Å². The lowest BCUT2D eigenvalue weighted by Gasteiger charge is -2.58. The van der Waals surface area contributed by atoms with E-state index in [1.54, 1.807) is 13.0 Å². The highest BCUT2D eigenvalue weighted by Crippen LogP contribution is 2.65. The molecule has 240 valence electrons. The summed E-state index contributed by atoms with van der Waals surface area (Å²) >= 11 is 0. The predicted octanol–water partition coefficient (Wildman–Crippen LogP) is 6.27. The van der Waals surface area contributed by atoms with Crippen LogP contribution in [0.15, 0.2) is 90.0 Å². The Hall–Kier alpha value is -4.14. The summed E-state index contributed by atoms with van der Waals surface area (Å²) in [5, 5.41) is 0. The molecule has 1 aliphatic heterocycles. The summed E-state index contributed by atoms with van der Waals surface area (Å²) in [6.45, 7) is 13.1. The molecule has 0 aromatic heterocycles. The Morgan fingerprint density at radius 3 is 2.28 bits per heavy atom. The summed E-state index contributed by atoms with van der Waals surface area (Å²) in [6, 6.07) is 18.9. The zero-order valence-corrected chi connectivity index (χ0v) is 26.9. The van der Waals surface area contributed by atoms with E-state index in [9.17, 15) is 19.2 Å². The van der Waals surface area contributed by atoms with Gasteiger partial charge in [-0.25, -0.2) is 4.79 Å². The smallest absolute Gasteiger partial charge is 0.331 e. The van der Waals surface area contributed by atoms with E-state index in [4.69, 9.17) is 18.9 Å². The Morgan fingerprint density at radius 1 is 0.978 bits per heavy atom. The largest absolute Gasteiger partial charge is 0.455 e. The van der Waals surface area contributed by atoms with Gasteiger partial charge in [0.2, 0.25) is 0 Å². The average Bonchev–Trinajstić information content (AvgIpc) is 3.40. The van der Waals surface area contributed by atoms with Crippen molar-refractivity contribution in [3.63, 3.8) is 0 Å². The molecule has 46 heavy (non-hydrogen) atoms. The van der Waals surface area contributed by atoms with E-state index < -0.39 is 58.9 Å². The number of ether oxygens (including phenoxy) is 4. The maximum absolute atomic E-state index is 14.8. The van der Waals surface area contributed by atoms with Gasteiger partial charge in [0.15, 0.2) is 24.0 Å². The first kappa shape index (κ1) is 31.8. The zero-order valence-electron chi connectivity index (χ0n) is 26.9. The normalized spacial score (nSPS) is 33.6. The molecule has 8 nitrogen and oxygen atoms in total. The number of hydrogen-bond acceptors (Lipinski definition) is 8. The van der Waals surface area contributed by atoms with Crippen molar-refractivity contribution in [2.75, 3.05) is 0 Å². The minimum atomic E-state index is -1.30. The van der Waals surface area contributed by atoms with Gasteiger partial charge in [-0.1, -0.05) is 88.0 Å². The van der Waals surface area contributed by atoms with Crippen LogP contribution in [0.2, 0.25) is 0 Å². The van der Waals surface area contributed by atoms with E-state index in [-0.39, 0.29) is 18.0 Å². The van der Waals surface area contributed by atoms with Crippen molar-refractivity contribution < 1.29 is 38.1 Å². The van der Waals surface area contributed by atoms with Crippen molar-refractivity contribution in [1.29, 1.82) is 0 Å². The molecule has 7 unspecified atom stereocenters. The average molecular weight is 625 g/mol. The molecule has 4 aliphatic rings. The van der Waals surface area contributed by atoms with Crippen molar-refractivity contribution in [1.82, 2.24) is 0 Å². The highest BCUT2D eigenvalue weighted by molar-refractivity contribution is 6.02. The number of fused-ring (bicyclic) bond motifs is 3. The molecule has 0 N–H and O–H groups in total. The summed E-state index contributed by atoms with van der Waals surface area (Å²) in [5.41, 5.74) is -0.432. The second kappa shape index (κ2) is 11.6. The highest BCUT2D eigenvalue weighted by Gasteiger charge is 2.72. The van der Waals surface area contributed by atoms with Crippen molar-refractivity contribution in [3.05, 3.63) is 101 Å². The first-order valence-corrected chi connectivity index (χ1v) is 15.8. The van der Waals surface area contributed by atoms with Gasteiger partial charge in [0, 0.05) is 41.7 Å². The van der Waals surface area contributed by atoms with Gasteiger partial charge in [-0.05, 0) is 48.1 Å². The first-order valence-electron chi connectivity index (χ1n) is 15.8. The number of benzene rings is 2. The molecule has 1 saturated heterocycles. The Balaban J connectivity index is 1.47. The summed E-state index contributed by atoms with van der Waals surface area (Å²) in [7, 11) is 0. The van der Waals surface area contributed by atoms with Crippen LogP contribution >= 0.6 is 0 Å². The second-order valence-corrected chi connectivity index (χ2v) is 13.6. The van der Waals surface area contributed by atoms with Crippen LogP contribution in [0.5, 0.6) is 0 Å². The Labute approximate surface area is 269 Å². The lowest BCUT2D eigenvalue weighted by atomic mass is 9.48. The third-order valence-corrected chi connectivity index (χ3v) is 10.6. The van der Waals surface area contributed by atoms with Gasteiger partial charge in [-0.15, -0.1) is 0 Å². The number of allylic oxidation sites excluding steroid dienone is 1. The van der Waals surface area contributed by atoms with Gasteiger partial charge < -0.3 is 18.9 Å². The number of rotatable bonds is 5. The van der Waals surface area contributed by atoms with Crippen LogP contribution in [0.4, 0.5) is 0 Å². The summed E-state index contributed by atoms with van der Waals surface area (Å²) in [6.07, 6.45) is 0.00544. The van der Waals surface area contributed by atoms with E-state index in [2.05, 4.69) is 6.58 Å². The van der Waals surface area contributed by atoms with Gasteiger partial charge in [0.1, 0.15) is 11.7 Å². The van der Waals surface area contributed by atoms with Gasteiger partial charge in [0.05, 0.1) is 6.10 Å². The summed E-state index contributed by atoms with van der Waals surface area (Å²) in [4.78, 5) is 54.3. The standard InChI is InChI=1S/C38H40O8/c1-22-27(40)21-38-34(45-35(46-38)26-15-11-8-12-16-26)31-23(2)28(44-29(41)18-17-25-13-9-7-10-14-25)19-20-37(31,6)33(42)32(43-24(3)39)30(22)36(38,4)5/h7-18,28,31-32,34-35H,2,19-21H2,1,3-6H3. The second-order valence-electron chi connectivity index (χ2n) is 13.6. The SMILES string of the molecule is C=C1C(OC(=O)C=Cc2ccccc2)CCC2(C)C(=O)C(OC(C)=O)C3=C(C)C(=O)CC4(OC(c5ccccc5)OC4C12)C3(C)C. The van der Waals surface area contributed by atoms with Gasteiger partial charge >= 0.3 is 11.9 Å². The topological polar surface area (TPSA) is 105 Å². The van der Waals surface area contributed by atoms with Gasteiger partial charge in [0.25, 0.3) is 0 Å². The van der Waals surface area contributed by atoms with Crippen molar-refractivity contribution in [2.24, 2.45) is 16.7 Å². The minimum Gasteiger partial charge on any atom is -0.455 e. The van der Waals surface area contributed by atoms with Crippen LogP contribution in [0.3, 0.4) is 0 Å². The molecule has 0 amide bonds. The Morgan fingerprint density at radius 2 is 1.63 bits per heavy atom. The van der Waals surface area contributed by atoms with Crippen LogP contribution in [0.1, 0.15) is 71.3 Å². The molecule has 1 spiro atoms. The Bertz CT molecular complexity index is 1650. The van der Waals surface area contributed by atoms with Crippen molar-refractivity contribution in [3.8, 4) is 0 Å². The molecule has 3 fully saturated rings. The third-order valence-electron chi connectivity index (χ3n) is 10.6. The molecule has 3 aliphatic carbocycles. The molecule has 7 atom stereocenters. The van der Waals surface area contributed by atoms with E-state index >= 15 is 0 Å². The highest BCUT2D eigenvalue weighted by atomic mass is 16.7. The quantitative estimate of drug-likeness (QED) is 0.218. The molecule has 0 radical (unpaired) electrons. The summed E-state index contributed by atoms with van der Waals surface area (Å²) in [5.74, 6) is -2.44. The third kappa shape index (κ3) is 4.99. The fourth-order valence-corrected chi connectivity index (χ4v) is 8.18. The minimum absolute atomic E-state index is 0.00551. The number of carbonyl (C=O) groups excluding carboxylic acids is 4. The van der Waals surface area contributed by atoms with Crippen LogP contribution < -0.4 is 0 Å². The van der Waals surface area contributed by atoms with Crippen LogP contribution in [0, 0.1) is 16.7 Å². The molecule has 6 rings (SSSR count). The number of Topliss-reactive ketones (excluding diaryl/α,β-unsaturated/α-hetero) is 2. The molecular weight excluding hydrogens is 584 g/mol. The fourth-order valence-electron chi connectivity index (χ4n) is 8.18. The lowest BCUT2D eigenvalue weighted by Crippen LogP contribution is -2.67. The lowest BCUT2D eigenvalue weighted by molar-refractivity contribution is -0.175. The van der Waals surface area contributed by atoms with Crippen LogP contribution in [0.25, 0.3) is 6.08 Å². The van der Waals surface area contributed by atoms with E-state index in [1.807, 2.05) is 81.4 Å². The molecular formula is C38H40O8. The maximum Gasteiger partial charge on any atom is 0.331 e. The molecule has 2 saturated carbocycles. The number of carbonyl (C=O) groups is 4. The Kier molecular flexibility index (Phi) is 8.02. The van der Waals surface area contributed by atoms with Crippen molar-refractivity contribution >= 4 is 29.6 Å². The van der Waals surface area contributed by atoms with E-state index in [1.165, 1.54) is 13.0 Å². The van der Waals surface area contributed by atoms with E-state index in [0.717, 1.165) is 11.1 Å². The first-order chi connectivity index (χ1) is 21.8. The summed E-state index contributed by atoms with van der Waals surface area (Å²) < 4.78 is 25.6. The molecule has 2 aromatic rings. The molecule has 8 heteroatoms. The monoisotopic (exact) mass is 624 g/mol. The number of ketones is 2. The molecule has 1 heterocycles. The van der Waals surface area contributed by atoms with Crippen LogP contribution in [-0.2, 0) is 38.1 Å². The van der Waals surface area contributed by atoms with E-state index in [0.29, 0.717) is 29.6 Å². The molecule has 2 aromatic carbocycles.